The van der Waals surface area contributed by atoms with Crippen LogP contribution in [0.3, 0.4) is 0 Å². The average molecular weight is 349 g/mol. The SMILES string of the molecule is O=C1NC(=O)C(I)=C1I. The number of hydrogen-bond donors (Lipinski definition) is 1. The Hall–Kier alpha value is 0.340. The van der Waals surface area contributed by atoms with Crippen molar-refractivity contribution in [3.8, 4) is 0 Å². The van der Waals surface area contributed by atoms with Gasteiger partial charge in [0.25, 0.3) is 11.8 Å². The molecule has 1 aliphatic rings. The number of carbonyl (C=O) groups excluding carboxylic acids is 2. The Morgan fingerprint density at radius 1 is 1.00 bits per heavy atom. The third-order valence-electron chi connectivity index (χ3n) is 0.818. The highest BCUT2D eigenvalue weighted by Crippen LogP contribution is 2.23. The van der Waals surface area contributed by atoms with E-state index in [1.165, 1.54) is 0 Å². The summed E-state index contributed by atoms with van der Waals surface area (Å²) in [6.07, 6.45) is 0. The number of hydrogen-bond acceptors (Lipinski definition) is 2. The maximum absolute atomic E-state index is 10.6. The molecule has 0 aromatic rings. The van der Waals surface area contributed by atoms with Gasteiger partial charge in [0.15, 0.2) is 0 Å². The van der Waals surface area contributed by atoms with Gasteiger partial charge in [-0.1, -0.05) is 0 Å². The molecule has 48 valence electrons. The summed E-state index contributed by atoms with van der Waals surface area (Å²) in [6, 6.07) is 0. The molecule has 0 aromatic heterocycles. The van der Waals surface area contributed by atoms with E-state index >= 15 is 0 Å². The largest absolute Gasteiger partial charge is 0.287 e. The van der Waals surface area contributed by atoms with E-state index in [-0.39, 0.29) is 11.8 Å². The van der Waals surface area contributed by atoms with Crippen LogP contribution in [0.4, 0.5) is 0 Å². The fourth-order valence-electron chi connectivity index (χ4n) is 0.412. The Bertz CT molecular complexity index is 199. The number of halogens is 2. The highest BCUT2D eigenvalue weighted by atomic mass is 127. The summed E-state index contributed by atoms with van der Waals surface area (Å²) in [5.74, 6) is -0.574. The predicted molar refractivity (Wildman–Crippen MR) is 48.2 cm³/mol. The number of rotatable bonds is 0. The van der Waals surface area contributed by atoms with E-state index in [0.717, 1.165) is 0 Å². The Labute approximate surface area is 78.5 Å². The fourth-order valence-corrected chi connectivity index (χ4v) is 1.17. The average Bonchev–Trinajstić information content (AvgIpc) is 1.98. The van der Waals surface area contributed by atoms with Crippen LogP contribution in [0.1, 0.15) is 0 Å². The maximum atomic E-state index is 10.6. The first-order valence-corrected chi connectivity index (χ1v) is 4.19. The van der Waals surface area contributed by atoms with Gasteiger partial charge in [0, 0.05) is 0 Å². The zero-order valence-electron chi connectivity index (χ0n) is 4.07. The molecule has 1 N–H and O–H groups in total. The molecular weight excluding hydrogens is 348 g/mol. The summed E-state index contributed by atoms with van der Waals surface area (Å²) in [6.45, 7) is 0. The molecule has 0 aromatic carbocycles. The topological polar surface area (TPSA) is 46.2 Å². The van der Waals surface area contributed by atoms with E-state index < -0.39 is 0 Å². The third kappa shape index (κ3) is 1.26. The Morgan fingerprint density at radius 3 is 1.44 bits per heavy atom. The molecule has 1 rings (SSSR count). The van der Waals surface area contributed by atoms with Crippen molar-refractivity contribution in [3.05, 3.63) is 7.16 Å². The summed E-state index contributed by atoms with van der Waals surface area (Å²) in [5, 5.41) is 2.15. The summed E-state index contributed by atoms with van der Waals surface area (Å²) in [4.78, 5) is 21.2. The van der Waals surface area contributed by atoms with Gasteiger partial charge in [0.05, 0.1) is 7.16 Å². The first kappa shape index (κ1) is 7.45. The number of amides is 2. The van der Waals surface area contributed by atoms with Gasteiger partial charge in [0.1, 0.15) is 0 Å². The lowest BCUT2D eigenvalue weighted by Gasteiger charge is -1.83. The van der Waals surface area contributed by atoms with Crippen LogP contribution >= 0.6 is 45.2 Å². The van der Waals surface area contributed by atoms with Crippen LogP contribution in [0.5, 0.6) is 0 Å². The van der Waals surface area contributed by atoms with Crippen LogP contribution in [-0.2, 0) is 9.59 Å². The van der Waals surface area contributed by atoms with Crippen LogP contribution in [-0.4, -0.2) is 11.8 Å². The second kappa shape index (κ2) is 2.52. The molecule has 0 saturated carbocycles. The Balaban J connectivity index is 3.06. The smallest absolute Gasteiger partial charge is 0.265 e. The van der Waals surface area contributed by atoms with E-state index in [1.807, 2.05) is 45.2 Å². The van der Waals surface area contributed by atoms with Gasteiger partial charge >= 0.3 is 0 Å². The lowest BCUT2D eigenvalue weighted by atomic mass is 10.6. The van der Waals surface area contributed by atoms with Gasteiger partial charge in [-0.15, -0.1) is 0 Å². The van der Waals surface area contributed by atoms with E-state index in [9.17, 15) is 9.59 Å². The minimum Gasteiger partial charge on any atom is -0.287 e. The quantitative estimate of drug-likeness (QED) is 0.518. The summed E-state index contributed by atoms with van der Waals surface area (Å²) >= 11 is 3.68. The van der Waals surface area contributed by atoms with E-state index in [1.54, 1.807) is 0 Å². The van der Waals surface area contributed by atoms with Crippen molar-refractivity contribution >= 4 is 57.0 Å². The normalized spacial score (nSPS) is 18.9. The van der Waals surface area contributed by atoms with Crippen molar-refractivity contribution in [1.29, 1.82) is 0 Å². The monoisotopic (exact) mass is 349 g/mol. The van der Waals surface area contributed by atoms with Crippen LogP contribution in [0.2, 0.25) is 0 Å². The predicted octanol–water partition coefficient (Wildman–Crippen LogP) is 0.724. The molecule has 0 bridgehead atoms. The second-order valence-electron chi connectivity index (χ2n) is 1.41. The molecule has 1 heterocycles. The van der Waals surface area contributed by atoms with Crippen LogP contribution in [0.25, 0.3) is 0 Å². The molecule has 5 heteroatoms. The van der Waals surface area contributed by atoms with Gasteiger partial charge in [-0.05, 0) is 45.2 Å². The standard InChI is InChI=1S/C4HI2NO2/c5-1-2(6)4(9)7-3(1)8/h(H,7,8,9). The minimum absolute atomic E-state index is 0.287. The highest BCUT2D eigenvalue weighted by Gasteiger charge is 2.25. The van der Waals surface area contributed by atoms with E-state index in [0.29, 0.717) is 7.16 Å². The fraction of sp³-hybridized carbons (Fsp3) is 0. The van der Waals surface area contributed by atoms with Gasteiger partial charge in [-0.3, -0.25) is 14.9 Å². The lowest BCUT2D eigenvalue weighted by Crippen LogP contribution is -2.21. The summed E-state index contributed by atoms with van der Waals surface area (Å²) in [5.41, 5.74) is 0. The molecular formula is C4HI2NO2. The molecule has 0 atom stereocenters. The van der Waals surface area contributed by atoms with Crippen molar-refractivity contribution < 1.29 is 9.59 Å². The maximum Gasteiger partial charge on any atom is 0.265 e. The zero-order valence-corrected chi connectivity index (χ0v) is 8.39. The van der Waals surface area contributed by atoms with Crippen molar-refractivity contribution in [1.82, 2.24) is 5.32 Å². The summed E-state index contributed by atoms with van der Waals surface area (Å²) in [7, 11) is 0. The molecule has 9 heavy (non-hydrogen) atoms. The molecule has 0 radical (unpaired) electrons. The molecule has 0 unspecified atom stereocenters. The van der Waals surface area contributed by atoms with Crippen molar-refractivity contribution in [2.45, 2.75) is 0 Å². The number of nitrogens with one attached hydrogen (secondary N) is 1. The Morgan fingerprint density at radius 2 is 1.33 bits per heavy atom. The molecule has 0 fully saturated rings. The number of imide groups is 1. The first-order chi connectivity index (χ1) is 4.13. The second-order valence-corrected chi connectivity index (χ2v) is 3.57. The molecule has 0 saturated heterocycles. The van der Waals surface area contributed by atoms with Crippen LogP contribution < -0.4 is 5.32 Å². The van der Waals surface area contributed by atoms with Crippen molar-refractivity contribution in [2.75, 3.05) is 0 Å². The molecule has 0 spiro atoms. The van der Waals surface area contributed by atoms with Crippen molar-refractivity contribution in [3.63, 3.8) is 0 Å². The van der Waals surface area contributed by atoms with Crippen molar-refractivity contribution in [2.24, 2.45) is 0 Å². The van der Waals surface area contributed by atoms with Gasteiger partial charge in [-0.25, -0.2) is 0 Å². The first-order valence-electron chi connectivity index (χ1n) is 2.04. The van der Waals surface area contributed by atoms with Crippen LogP contribution in [0.15, 0.2) is 7.16 Å². The van der Waals surface area contributed by atoms with Crippen LogP contribution in [0, 0.1) is 0 Å². The molecule has 3 nitrogen and oxygen atoms in total. The minimum atomic E-state index is -0.287. The third-order valence-corrected chi connectivity index (χ3v) is 3.91. The van der Waals surface area contributed by atoms with Gasteiger partial charge in [-0.2, -0.15) is 0 Å². The summed E-state index contributed by atoms with van der Waals surface area (Å²) < 4.78 is 0.969. The van der Waals surface area contributed by atoms with Gasteiger partial charge < -0.3 is 0 Å². The molecule has 1 aliphatic heterocycles. The zero-order chi connectivity index (χ0) is 7.02. The highest BCUT2D eigenvalue weighted by molar-refractivity contribution is 14.1. The molecule has 2 amide bonds. The number of carbonyl (C=O) groups is 2. The lowest BCUT2D eigenvalue weighted by molar-refractivity contribution is -0.123. The van der Waals surface area contributed by atoms with Gasteiger partial charge in [0.2, 0.25) is 0 Å². The van der Waals surface area contributed by atoms with E-state index in [4.69, 9.17) is 0 Å². The van der Waals surface area contributed by atoms with E-state index in [2.05, 4.69) is 5.32 Å². The molecule has 0 aliphatic carbocycles. The Kier molecular flexibility index (Phi) is 2.09.